The van der Waals surface area contributed by atoms with E-state index in [2.05, 4.69) is 0 Å². The van der Waals surface area contributed by atoms with Gasteiger partial charge < -0.3 is 24.8 Å². The van der Waals surface area contributed by atoms with Gasteiger partial charge in [-0.25, -0.2) is 0 Å². The number of aliphatic hydroxyl groups is 3. The molecule has 1 aliphatic rings. The van der Waals surface area contributed by atoms with Crippen LogP contribution in [0.3, 0.4) is 0 Å². The maximum atomic E-state index is 11.8. The number of ether oxygens (including phenoxy) is 2. The number of hydrogen-bond acceptors (Lipinski definition) is 6. The van der Waals surface area contributed by atoms with E-state index in [1.54, 1.807) is 27.7 Å². The molecular weight excluding hydrogens is 252 g/mol. The first-order valence-corrected chi connectivity index (χ1v) is 6.46. The van der Waals surface area contributed by atoms with Crippen LogP contribution in [0.1, 0.15) is 27.7 Å². The Morgan fingerprint density at radius 2 is 1.84 bits per heavy atom. The second kappa shape index (κ2) is 6.28. The van der Waals surface area contributed by atoms with Crippen LogP contribution in [-0.4, -0.2) is 58.9 Å². The van der Waals surface area contributed by atoms with E-state index in [0.717, 1.165) is 0 Å². The number of carbonyl (C=O) groups excluding carboxylic acids is 1. The Kier molecular flexibility index (Phi) is 5.46. The van der Waals surface area contributed by atoms with Gasteiger partial charge in [-0.05, 0) is 0 Å². The van der Waals surface area contributed by atoms with Crippen molar-refractivity contribution in [3.8, 4) is 0 Å². The topological polar surface area (TPSA) is 96.2 Å². The summed E-state index contributed by atoms with van der Waals surface area (Å²) < 4.78 is 10.7. The van der Waals surface area contributed by atoms with E-state index in [4.69, 9.17) is 14.6 Å². The molecule has 1 heterocycles. The fraction of sp³-hybridized carbons (Fsp3) is 0.923. The average molecular weight is 276 g/mol. The van der Waals surface area contributed by atoms with Crippen molar-refractivity contribution >= 4 is 5.78 Å². The monoisotopic (exact) mass is 276 g/mol. The van der Waals surface area contributed by atoms with Gasteiger partial charge in [-0.3, -0.25) is 4.79 Å². The normalized spacial score (nSPS) is 36.3. The Morgan fingerprint density at radius 1 is 1.26 bits per heavy atom. The van der Waals surface area contributed by atoms with Gasteiger partial charge in [0.25, 0.3) is 0 Å². The summed E-state index contributed by atoms with van der Waals surface area (Å²) in [6, 6.07) is 0. The predicted molar refractivity (Wildman–Crippen MR) is 67.3 cm³/mol. The number of hydrogen-bond donors (Lipinski definition) is 3. The third kappa shape index (κ3) is 3.97. The molecule has 6 nitrogen and oxygen atoms in total. The highest BCUT2D eigenvalue weighted by Gasteiger charge is 2.42. The summed E-state index contributed by atoms with van der Waals surface area (Å²) in [5.74, 6) is -0.560. The van der Waals surface area contributed by atoms with Gasteiger partial charge in [-0.2, -0.15) is 0 Å². The molecule has 0 aromatic carbocycles. The highest BCUT2D eigenvalue weighted by Crippen LogP contribution is 2.27. The molecule has 0 radical (unpaired) electrons. The van der Waals surface area contributed by atoms with Crippen molar-refractivity contribution in [3.63, 3.8) is 0 Å². The molecule has 5 unspecified atom stereocenters. The first-order valence-electron chi connectivity index (χ1n) is 6.46. The number of Topliss-reactive ketones (excluding diaryl/α,β-unsaturated/α-hetero) is 1. The third-order valence-electron chi connectivity index (χ3n) is 3.40. The number of rotatable bonds is 4. The molecule has 1 aliphatic heterocycles. The smallest absolute Gasteiger partial charge is 0.163 e. The Hall–Kier alpha value is -0.530. The molecular formula is C13H24O6. The van der Waals surface area contributed by atoms with Crippen molar-refractivity contribution < 1.29 is 29.6 Å². The van der Waals surface area contributed by atoms with Gasteiger partial charge in [0, 0.05) is 11.3 Å². The summed E-state index contributed by atoms with van der Waals surface area (Å²) in [6.45, 7) is 6.49. The molecule has 0 spiro atoms. The van der Waals surface area contributed by atoms with Crippen LogP contribution < -0.4 is 0 Å². The minimum Gasteiger partial charge on any atom is -0.394 e. The molecule has 3 N–H and O–H groups in total. The Labute approximate surface area is 113 Å². The Morgan fingerprint density at radius 3 is 2.32 bits per heavy atom. The fourth-order valence-electron chi connectivity index (χ4n) is 1.79. The molecule has 1 fully saturated rings. The van der Waals surface area contributed by atoms with E-state index >= 15 is 0 Å². The van der Waals surface area contributed by atoms with E-state index in [-0.39, 0.29) is 12.4 Å². The van der Waals surface area contributed by atoms with Crippen LogP contribution in [0, 0.1) is 11.3 Å². The van der Waals surface area contributed by atoms with Gasteiger partial charge in [0.15, 0.2) is 12.1 Å². The van der Waals surface area contributed by atoms with Gasteiger partial charge in [0.05, 0.1) is 12.7 Å². The van der Waals surface area contributed by atoms with Crippen molar-refractivity contribution in [2.24, 2.45) is 11.3 Å². The van der Waals surface area contributed by atoms with E-state index in [9.17, 15) is 15.0 Å². The second-order valence-electron chi connectivity index (χ2n) is 6.05. The van der Waals surface area contributed by atoms with Crippen LogP contribution in [0.25, 0.3) is 0 Å². The van der Waals surface area contributed by atoms with Crippen LogP contribution in [0.5, 0.6) is 0 Å². The molecule has 5 atom stereocenters. The summed E-state index contributed by atoms with van der Waals surface area (Å²) in [5, 5.41) is 28.6. The maximum absolute atomic E-state index is 11.8. The van der Waals surface area contributed by atoms with Crippen molar-refractivity contribution in [3.05, 3.63) is 0 Å². The second-order valence-corrected chi connectivity index (χ2v) is 6.05. The minimum atomic E-state index is -1.15. The van der Waals surface area contributed by atoms with Gasteiger partial charge in [0.2, 0.25) is 0 Å². The van der Waals surface area contributed by atoms with Crippen LogP contribution in [0.2, 0.25) is 0 Å². The standard InChI is InChI=1S/C13H24O6/c1-7-10(16)11(17)8(5-14)19-12(7)18-6-9(15)13(2,3)4/h7-8,10-12,14,16-17H,5-6H2,1-4H3. The van der Waals surface area contributed by atoms with Crippen molar-refractivity contribution in [1.82, 2.24) is 0 Å². The summed E-state index contributed by atoms with van der Waals surface area (Å²) in [7, 11) is 0. The average Bonchev–Trinajstić information content (AvgIpc) is 2.33. The van der Waals surface area contributed by atoms with E-state index in [1.165, 1.54) is 0 Å². The molecule has 1 saturated heterocycles. The molecule has 0 saturated carbocycles. The fourth-order valence-corrected chi connectivity index (χ4v) is 1.79. The summed E-state index contributed by atoms with van der Waals surface area (Å²) in [4.78, 5) is 11.8. The Balaban J connectivity index is 2.60. The third-order valence-corrected chi connectivity index (χ3v) is 3.40. The largest absolute Gasteiger partial charge is 0.394 e. The molecule has 0 bridgehead atoms. The molecule has 112 valence electrons. The molecule has 6 heteroatoms. The summed E-state index contributed by atoms with van der Waals surface area (Å²) in [6.07, 6.45) is -3.93. The molecule has 0 aromatic heterocycles. The molecule has 0 aromatic rings. The van der Waals surface area contributed by atoms with Crippen molar-refractivity contribution in [1.29, 1.82) is 0 Å². The molecule has 19 heavy (non-hydrogen) atoms. The molecule has 1 rings (SSSR count). The lowest BCUT2D eigenvalue weighted by molar-refractivity contribution is -0.280. The summed E-state index contributed by atoms with van der Waals surface area (Å²) in [5.41, 5.74) is -0.508. The minimum absolute atomic E-state index is 0.0792. The van der Waals surface area contributed by atoms with Gasteiger partial charge in [0.1, 0.15) is 18.8 Å². The molecule has 0 amide bonds. The van der Waals surface area contributed by atoms with Gasteiger partial charge in [-0.15, -0.1) is 0 Å². The predicted octanol–water partition coefficient (Wildman–Crippen LogP) is -0.307. The van der Waals surface area contributed by atoms with Crippen LogP contribution >= 0.6 is 0 Å². The lowest BCUT2D eigenvalue weighted by Crippen LogP contribution is -2.55. The summed E-state index contributed by atoms with van der Waals surface area (Å²) >= 11 is 0. The van der Waals surface area contributed by atoms with E-state index < -0.39 is 42.5 Å². The lowest BCUT2D eigenvalue weighted by atomic mass is 9.91. The SMILES string of the molecule is CC1C(OCC(=O)C(C)(C)C)OC(CO)C(O)C1O. The van der Waals surface area contributed by atoms with Crippen LogP contribution in [-0.2, 0) is 14.3 Å². The molecule has 0 aliphatic carbocycles. The maximum Gasteiger partial charge on any atom is 0.163 e. The highest BCUT2D eigenvalue weighted by atomic mass is 16.7. The van der Waals surface area contributed by atoms with Crippen molar-refractivity contribution in [2.45, 2.75) is 52.3 Å². The number of aliphatic hydroxyl groups excluding tert-OH is 3. The first-order chi connectivity index (χ1) is 8.68. The quantitative estimate of drug-likeness (QED) is 0.652. The van der Waals surface area contributed by atoms with E-state index in [1.807, 2.05) is 0 Å². The zero-order valence-corrected chi connectivity index (χ0v) is 11.9. The Bertz CT molecular complexity index is 309. The van der Waals surface area contributed by atoms with Gasteiger partial charge in [-0.1, -0.05) is 27.7 Å². The zero-order chi connectivity index (χ0) is 14.8. The lowest BCUT2D eigenvalue weighted by Gasteiger charge is -2.40. The highest BCUT2D eigenvalue weighted by molar-refractivity contribution is 5.84. The van der Waals surface area contributed by atoms with E-state index in [0.29, 0.717) is 0 Å². The number of carbonyl (C=O) groups is 1. The first kappa shape index (κ1) is 16.5. The van der Waals surface area contributed by atoms with Gasteiger partial charge >= 0.3 is 0 Å². The van der Waals surface area contributed by atoms with Crippen LogP contribution in [0.15, 0.2) is 0 Å². The number of ketones is 1. The van der Waals surface area contributed by atoms with Crippen molar-refractivity contribution in [2.75, 3.05) is 13.2 Å². The van der Waals surface area contributed by atoms with Crippen LogP contribution in [0.4, 0.5) is 0 Å². The zero-order valence-electron chi connectivity index (χ0n) is 11.9.